The Labute approximate surface area is 135 Å². The monoisotopic (exact) mass is 374 g/mol. The molecule has 1 aromatic rings. The van der Waals surface area contributed by atoms with Crippen LogP contribution in [0.2, 0.25) is 0 Å². The molecule has 0 aromatic heterocycles. The lowest BCUT2D eigenvalue weighted by molar-refractivity contribution is 0.475. The molecule has 6 heteroatoms. The van der Waals surface area contributed by atoms with Crippen molar-refractivity contribution >= 4 is 26.0 Å². The third-order valence-corrected chi connectivity index (χ3v) is 7.04. The van der Waals surface area contributed by atoms with Crippen molar-refractivity contribution < 1.29 is 8.42 Å². The zero-order valence-electron chi connectivity index (χ0n) is 12.8. The maximum Gasteiger partial charge on any atom is 0.241 e. The molecule has 1 aromatic carbocycles. The molecule has 4 nitrogen and oxygen atoms in total. The zero-order valence-corrected chi connectivity index (χ0v) is 15.2. The summed E-state index contributed by atoms with van der Waals surface area (Å²) in [5, 5.41) is 3.05. The first-order valence-electron chi connectivity index (χ1n) is 7.27. The highest BCUT2D eigenvalue weighted by Crippen LogP contribution is 2.48. The molecular formula is C15H23BrN2O2S. The van der Waals surface area contributed by atoms with Gasteiger partial charge in [0.2, 0.25) is 10.0 Å². The fraction of sp³-hybridized carbons (Fsp3) is 0.600. The molecule has 2 N–H and O–H groups in total. The molecule has 1 fully saturated rings. The van der Waals surface area contributed by atoms with Gasteiger partial charge in [-0.05, 0) is 71.8 Å². The van der Waals surface area contributed by atoms with Gasteiger partial charge in [0.05, 0.1) is 4.90 Å². The van der Waals surface area contributed by atoms with Crippen LogP contribution in [0.15, 0.2) is 21.5 Å². The number of aryl methyl sites for hydroxylation is 1. The predicted molar refractivity (Wildman–Crippen MR) is 88.8 cm³/mol. The van der Waals surface area contributed by atoms with E-state index in [1.54, 1.807) is 6.07 Å². The maximum absolute atomic E-state index is 12.6. The van der Waals surface area contributed by atoms with Crippen molar-refractivity contribution in [2.75, 3.05) is 13.6 Å². The van der Waals surface area contributed by atoms with E-state index in [0.717, 1.165) is 30.4 Å². The van der Waals surface area contributed by atoms with E-state index in [1.807, 2.05) is 20.0 Å². The second-order valence-corrected chi connectivity index (χ2v) is 8.46. The summed E-state index contributed by atoms with van der Waals surface area (Å²) >= 11 is 3.41. The van der Waals surface area contributed by atoms with Gasteiger partial charge in [-0.3, -0.25) is 0 Å². The van der Waals surface area contributed by atoms with Crippen molar-refractivity contribution in [3.05, 3.63) is 27.7 Å². The van der Waals surface area contributed by atoms with Gasteiger partial charge in [-0.15, -0.1) is 0 Å². The van der Waals surface area contributed by atoms with Crippen LogP contribution in [0.5, 0.6) is 0 Å². The van der Waals surface area contributed by atoms with Crippen LogP contribution in [-0.2, 0) is 16.6 Å². The second kappa shape index (κ2) is 6.36. The Bertz CT molecular complexity index is 625. The first-order valence-corrected chi connectivity index (χ1v) is 9.54. The molecule has 2 rings (SSSR count). The standard InChI is InChI=1S/C15H23BrN2O2S/c1-4-15(5-6-15)10-18-21(19,20)13-8-12(9-17-3)7-11(2)14(13)16/h7-8,17-18H,4-6,9-10H2,1-3H3. The van der Waals surface area contributed by atoms with Crippen LogP contribution in [0.3, 0.4) is 0 Å². The van der Waals surface area contributed by atoms with Crippen molar-refractivity contribution in [1.29, 1.82) is 0 Å². The van der Waals surface area contributed by atoms with Gasteiger partial charge < -0.3 is 5.32 Å². The SMILES string of the molecule is CCC1(CNS(=O)(=O)c2cc(CNC)cc(C)c2Br)CC1. The van der Waals surface area contributed by atoms with Crippen molar-refractivity contribution in [3.63, 3.8) is 0 Å². The van der Waals surface area contributed by atoms with Crippen LogP contribution in [0.4, 0.5) is 0 Å². The van der Waals surface area contributed by atoms with Gasteiger partial charge in [0.1, 0.15) is 0 Å². The average Bonchev–Trinajstić information content (AvgIpc) is 3.21. The molecule has 0 radical (unpaired) electrons. The number of benzene rings is 1. The highest BCUT2D eigenvalue weighted by atomic mass is 79.9. The normalized spacial score (nSPS) is 17.0. The largest absolute Gasteiger partial charge is 0.316 e. The van der Waals surface area contributed by atoms with E-state index in [0.29, 0.717) is 22.5 Å². The van der Waals surface area contributed by atoms with Gasteiger partial charge in [0.25, 0.3) is 0 Å². The molecule has 0 aliphatic heterocycles. The van der Waals surface area contributed by atoms with E-state index in [2.05, 4.69) is 32.9 Å². The highest BCUT2D eigenvalue weighted by molar-refractivity contribution is 9.10. The molecule has 0 amide bonds. The smallest absolute Gasteiger partial charge is 0.241 e. The van der Waals surface area contributed by atoms with E-state index >= 15 is 0 Å². The van der Waals surface area contributed by atoms with E-state index in [1.165, 1.54) is 0 Å². The fourth-order valence-corrected chi connectivity index (χ4v) is 4.69. The number of rotatable bonds is 7. The van der Waals surface area contributed by atoms with Crippen molar-refractivity contribution in [1.82, 2.24) is 10.0 Å². The number of sulfonamides is 1. The molecule has 118 valence electrons. The van der Waals surface area contributed by atoms with Gasteiger partial charge in [-0.2, -0.15) is 0 Å². The summed E-state index contributed by atoms with van der Waals surface area (Å²) in [6.45, 7) is 5.22. The maximum atomic E-state index is 12.6. The first kappa shape index (κ1) is 16.9. The van der Waals surface area contributed by atoms with E-state index in [4.69, 9.17) is 0 Å². The van der Waals surface area contributed by atoms with Crippen LogP contribution in [-0.4, -0.2) is 22.0 Å². The highest BCUT2D eigenvalue weighted by Gasteiger charge is 2.41. The molecule has 1 aliphatic carbocycles. The molecule has 0 bridgehead atoms. The summed E-state index contributed by atoms with van der Waals surface area (Å²) in [6, 6.07) is 3.73. The third-order valence-electron chi connectivity index (χ3n) is 4.30. The van der Waals surface area contributed by atoms with Gasteiger partial charge in [0.15, 0.2) is 0 Å². The van der Waals surface area contributed by atoms with Crippen LogP contribution in [0.25, 0.3) is 0 Å². The van der Waals surface area contributed by atoms with Gasteiger partial charge >= 0.3 is 0 Å². The summed E-state index contributed by atoms with van der Waals surface area (Å²) in [4.78, 5) is 0.333. The summed E-state index contributed by atoms with van der Waals surface area (Å²) < 4.78 is 28.6. The lowest BCUT2D eigenvalue weighted by Gasteiger charge is -2.16. The molecule has 0 saturated heterocycles. The minimum absolute atomic E-state index is 0.192. The van der Waals surface area contributed by atoms with E-state index < -0.39 is 10.0 Å². The minimum Gasteiger partial charge on any atom is -0.316 e. The fourth-order valence-electron chi connectivity index (χ4n) is 2.47. The second-order valence-electron chi connectivity index (χ2n) is 5.93. The van der Waals surface area contributed by atoms with Crippen LogP contribution >= 0.6 is 15.9 Å². The third kappa shape index (κ3) is 3.86. The topological polar surface area (TPSA) is 58.2 Å². The van der Waals surface area contributed by atoms with Crippen molar-refractivity contribution in [2.45, 2.75) is 44.6 Å². The molecule has 0 unspecified atom stereocenters. The van der Waals surface area contributed by atoms with Crippen LogP contribution < -0.4 is 10.0 Å². The lowest BCUT2D eigenvalue weighted by atomic mass is 10.1. The van der Waals surface area contributed by atoms with E-state index in [9.17, 15) is 8.42 Å². The summed E-state index contributed by atoms with van der Waals surface area (Å²) in [5.41, 5.74) is 2.09. The average molecular weight is 375 g/mol. The van der Waals surface area contributed by atoms with Crippen molar-refractivity contribution in [2.24, 2.45) is 5.41 Å². The quantitative estimate of drug-likeness (QED) is 0.771. The van der Waals surface area contributed by atoms with Crippen LogP contribution in [0, 0.1) is 12.3 Å². The predicted octanol–water partition coefficient (Wildman–Crippen LogP) is 2.95. The molecule has 1 aliphatic rings. The molecule has 21 heavy (non-hydrogen) atoms. The van der Waals surface area contributed by atoms with Gasteiger partial charge in [-0.1, -0.05) is 13.0 Å². The first-order chi connectivity index (χ1) is 9.83. The summed E-state index contributed by atoms with van der Waals surface area (Å²) in [7, 11) is -1.63. The number of hydrogen-bond donors (Lipinski definition) is 2. The number of hydrogen-bond acceptors (Lipinski definition) is 3. The molecular weight excluding hydrogens is 352 g/mol. The summed E-state index contributed by atoms with van der Waals surface area (Å²) in [5.74, 6) is 0. The van der Waals surface area contributed by atoms with Crippen molar-refractivity contribution in [3.8, 4) is 0 Å². The molecule has 0 heterocycles. The number of nitrogens with one attached hydrogen (secondary N) is 2. The number of halogens is 1. The lowest BCUT2D eigenvalue weighted by Crippen LogP contribution is -2.30. The Morgan fingerprint density at radius 3 is 2.52 bits per heavy atom. The Morgan fingerprint density at radius 2 is 2.00 bits per heavy atom. The van der Waals surface area contributed by atoms with Gasteiger partial charge in [0, 0.05) is 17.6 Å². The Morgan fingerprint density at radius 1 is 1.33 bits per heavy atom. The Hall–Kier alpha value is -0.430. The molecule has 0 atom stereocenters. The Kier molecular flexibility index (Phi) is 5.13. The van der Waals surface area contributed by atoms with Gasteiger partial charge in [-0.25, -0.2) is 13.1 Å². The molecule has 0 spiro atoms. The Balaban J connectivity index is 2.26. The van der Waals surface area contributed by atoms with E-state index in [-0.39, 0.29) is 5.41 Å². The van der Waals surface area contributed by atoms with Crippen LogP contribution in [0.1, 0.15) is 37.3 Å². The zero-order chi connectivity index (χ0) is 15.7. The minimum atomic E-state index is -3.48. The summed E-state index contributed by atoms with van der Waals surface area (Å²) in [6.07, 6.45) is 3.26. The molecule has 1 saturated carbocycles.